The first kappa shape index (κ1) is 32.5. The summed E-state index contributed by atoms with van der Waals surface area (Å²) in [5.74, 6) is 1.00. The Bertz CT molecular complexity index is 3600. The molecule has 0 amide bonds. The van der Waals surface area contributed by atoms with Crippen LogP contribution in [0.2, 0.25) is 0 Å². The number of aromatic nitrogens is 4. The Balaban J connectivity index is 1.15. The lowest BCUT2D eigenvalue weighted by Gasteiger charge is -2.31. The number of benzene rings is 8. The molecule has 278 valence electrons. The molecule has 1 atom stereocenters. The summed E-state index contributed by atoms with van der Waals surface area (Å²) < 4.78 is 5.08. The van der Waals surface area contributed by atoms with E-state index in [2.05, 4.69) is 173 Å². The van der Waals surface area contributed by atoms with Crippen molar-refractivity contribution in [3.8, 4) is 33.9 Å². The molecule has 0 spiro atoms. The maximum absolute atomic E-state index is 4.85. The Morgan fingerprint density at radius 1 is 0.550 bits per heavy atom. The minimum Gasteiger partial charge on any atom is -0.296 e. The predicted octanol–water partition coefficient (Wildman–Crippen LogP) is 10.4. The first-order valence-corrected chi connectivity index (χ1v) is 21.1. The molecule has 5 heteroatoms. The Hall–Kier alpha value is -7.50. The van der Waals surface area contributed by atoms with Crippen molar-refractivity contribution in [1.82, 2.24) is 19.1 Å². The molecule has 1 aliphatic carbocycles. The largest absolute Gasteiger partial charge is 0.296 e. The summed E-state index contributed by atoms with van der Waals surface area (Å²) in [7, 11) is 0. The fourth-order valence-corrected chi connectivity index (χ4v) is 11.6. The number of hydrogen-bond donors (Lipinski definition) is 0. The fourth-order valence-electron chi connectivity index (χ4n) is 11.6. The summed E-state index contributed by atoms with van der Waals surface area (Å²) in [6.45, 7) is 0.0270. The van der Waals surface area contributed by atoms with Crippen LogP contribution in [0.15, 0.2) is 182 Å². The van der Waals surface area contributed by atoms with Gasteiger partial charge in [-0.25, -0.2) is 9.97 Å². The molecule has 0 bridgehead atoms. The predicted molar refractivity (Wildman–Crippen MR) is 247 cm³/mol. The summed E-state index contributed by atoms with van der Waals surface area (Å²) in [6.07, 6.45) is 5.52. The lowest BCUT2D eigenvalue weighted by atomic mass is 9.34. The summed E-state index contributed by atoms with van der Waals surface area (Å²) in [6, 6.07) is 63.5. The van der Waals surface area contributed by atoms with Crippen LogP contribution in [-0.2, 0) is 12.8 Å². The molecule has 8 aromatic carbocycles. The molecule has 0 fully saturated rings. The van der Waals surface area contributed by atoms with Gasteiger partial charge in [0.2, 0.25) is 6.71 Å². The van der Waals surface area contributed by atoms with Crippen LogP contribution < -0.4 is 16.4 Å². The number of nitrogens with zero attached hydrogens (tertiary/aromatic N) is 4. The molecule has 2 aliphatic heterocycles. The van der Waals surface area contributed by atoms with Crippen molar-refractivity contribution in [1.29, 1.82) is 0 Å². The van der Waals surface area contributed by atoms with Gasteiger partial charge in [0.1, 0.15) is 5.65 Å². The third-order valence-electron chi connectivity index (χ3n) is 13.8. The molecule has 60 heavy (non-hydrogen) atoms. The van der Waals surface area contributed by atoms with Gasteiger partial charge >= 0.3 is 0 Å². The Labute approximate surface area is 347 Å². The minimum atomic E-state index is 0.0270. The zero-order valence-corrected chi connectivity index (χ0v) is 32.7. The molecule has 0 saturated heterocycles. The first-order chi connectivity index (χ1) is 29.8. The van der Waals surface area contributed by atoms with Crippen molar-refractivity contribution in [3.05, 3.63) is 210 Å². The molecular weight excluding hydrogens is 727 g/mol. The van der Waals surface area contributed by atoms with Gasteiger partial charge in [-0.1, -0.05) is 139 Å². The van der Waals surface area contributed by atoms with Crippen molar-refractivity contribution >= 4 is 66.7 Å². The highest BCUT2D eigenvalue weighted by Crippen LogP contribution is 2.48. The Morgan fingerprint density at radius 2 is 1.28 bits per heavy atom. The Morgan fingerprint density at radius 3 is 2.15 bits per heavy atom. The monoisotopic (exact) mass is 762 g/mol. The topological polar surface area (TPSA) is 35.6 Å². The van der Waals surface area contributed by atoms with Gasteiger partial charge in [0, 0.05) is 51.4 Å². The van der Waals surface area contributed by atoms with Crippen LogP contribution in [0.3, 0.4) is 0 Å². The Kier molecular flexibility index (Phi) is 6.51. The van der Waals surface area contributed by atoms with Gasteiger partial charge in [-0.05, 0) is 110 Å². The van der Waals surface area contributed by atoms with E-state index in [-0.39, 0.29) is 12.6 Å². The first-order valence-electron chi connectivity index (χ1n) is 21.1. The second-order valence-electron chi connectivity index (χ2n) is 16.8. The maximum Gasteiger partial charge on any atom is 0.247 e. The van der Waals surface area contributed by atoms with Gasteiger partial charge in [-0.3, -0.25) is 9.13 Å². The van der Waals surface area contributed by atoms with Gasteiger partial charge in [-0.15, -0.1) is 0 Å². The molecule has 1 unspecified atom stereocenters. The summed E-state index contributed by atoms with van der Waals surface area (Å²) in [4.78, 5) is 9.70. The molecule has 14 rings (SSSR count). The molecule has 0 saturated carbocycles. The average molecular weight is 763 g/mol. The fraction of sp³-hybridized carbons (Fsp3) is 0.0545. The van der Waals surface area contributed by atoms with Crippen molar-refractivity contribution < 1.29 is 0 Å². The SMILES string of the molecule is c1ccc(C2Cc3ccccc3-c3c2cc2c4c(cccc34)B3c4c(cc(-c5ncccn5)cc4-n4c5c3cccc5c3c5ccccc5n(-c5ccccc5)c34)C2)cc1. The standard InChI is InChI=1S/C55H35BN4/c1-3-14-33(15-4-1)43-30-34-16-7-8-19-39(34)50-41-21-11-23-45-49(41)35(31-44(43)50)28-36-29-37(54-57-26-13-27-58-54)32-48-52(36)56(45)46-24-12-22-42-51-40-20-9-10-25-47(40)59(38-17-5-2-6-18-38)55(51)60(48)53(42)46/h1-27,29,31-32,43H,28,30H2. The van der Waals surface area contributed by atoms with E-state index in [9.17, 15) is 0 Å². The van der Waals surface area contributed by atoms with Gasteiger partial charge < -0.3 is 0 Å². The molecule has 5 heterocycles. The van der Waals surface area contributed by atoms with Crippen molar-refractivity contribution in [3.63, 3.8) is 0 Å². The van der Waals surface area contributed by atoms with Crippen molar-refractivity contribution in [2.24, 2.45) is 0 Å². The third-order valence-corrected chi connectivity index (χ3v) is 13.8. The highest BCUT2D eigenvalue weighted by Gasteiger charge is 2.41. The summed E-state index contributed by atoms with van der Waals surface area (Å²) in [5.41, 5.74) is 20.9. The zero-order chi connectivity index (χ0) is 39.1. The maximum atomic E-state index is 4.85. The lowest BCUT2D eigenvalue weighted by molar-refractivity contribution is 0.794. The van der Waals surface area contributed by atoms with Crippen LogP contribution in [0.4, 0.5) is 0 Å². The van der Waals surface area contributed by atoms with Gasteiger partial charge in [-0.2, -0.15) is 0 Å². The molecule has 4 nitrogen and oxygen atoms in total. The molecule has 3 aliphatic rings. The van der Waals surface area contributed by atoms with Crippen LogP contribution in [0.5, 0.6) is 0 Å². The van der Waals surface area contributed by atoms with E-state index < -0.39 is 0 Å². The van der Waals surface area contributed by atoms with E-state index in [1.165, 1.54) is 105 Å². The van der Waals surface area contributed by atoms with E-state index >= 15 is 0 Å². The van der Waals surface area contributed by atoms with E-state index in [1.807, 2.05) is 18.5 Å². The van der Waals surface area contributed by atoms with Gasteiger partial charge in [0.15, 0.2) is 5.82 Å². The minimum absolute atomic E-state index is 0.0270. The zero-order valence-electron chi connectivity index (χ0n) is 32.7. The van der Waals surface area contributed by atoms with E-state index in [0.717, 1.165) is 29.9 Å². The van der Waals surface area contributed by atoms with E-state index in [4.69, 9.17) is 9.97 Å². The quantitative estimate of drug-likeness (QED) is 0.168. The van der Waals surface area contributed by atoms with E-state index in [0.29, 0.717) is 0 Å². The summed E-state index contributed by atoms with van der Waals surface area (Å²) >= 11 is 0. The summed E-state index contributed by atoms with van der Waals surface area (Å²) in [5, 5.41) is 6.58. The molecule has 0 radical (unpaired) electrons. The van der Waals surface area contributed by atoms with Crippen LogP contribution in [0.1, 0.15) is 33.7 Å². The van der Waals surface area contributed by atoms with Crippen LogP contribution in [0.25, 0.3) is 77.5 Å². The molecule has 0 N–H and O–H groups in total. The third kappa shape index (κ3) is 4.26. The number of hydrogen-bond acceptors (Lipinski definition) is 2. The molecule has 11 aromatic rings. The highest BCUT2D eigenvalue weighted by atomic mass is 15.1. The van der Waals surface area contributed by atoms with Crippen molar-refractivity contribution in [2.45, 2.75) is 18.8 Å². The van der Waals surface area contributed by atoms with Crippen LogP contribution in [0, 0.1) is 0 Å². The second-order valence-corrected chi connectivity index (χ2v) is 16.8. The average Bonchev–Trinajstić information content (AvgIpc) is 3.78. The van der Waals surface area contributed by atoms with Crippen LogP contribution in [-0.4, -0.2) is 25.8 Å². The second kappa shape index (κ2) is 12.0. The lowest BCUT2D eigenvalue weighted by Crippen LogP contribution is -2.56. The normalized spacial score (nSPS) is 14.7. The molecular formula is C55H35BN4. The molecule has 3 aromatic heterocycles. The number of para-hydroxylation sites is 3. The van der Waals surface area contributed by atoms with Gasteiger partial charge in [0.05, 0.1) is 11.0 Å². The number of fused-ring (bicyclic) bond motifs is 12. The number of rotatable bonds is 3. The smallest absolute Gasteiger partial charge is 0.247 e. The van der Waals surface area contributed by atoms with Crippen LogP contribution >= 0.6 is 0 Å². The highest BCUT2D eigenvalue weighted by molar-refractivity contribution is 6.99. The van der Waals surface area contributed by atoms with E-state index in [1.54, 1.807) is 0 Å². The van der Waals surface area contributed by atoms with Gasteiger partial charge in [0.25, 0.3) is 0 Å². The van der Waals surface area contributed by atoms with Crippen molar-refractivity contribution in [2.75, 3.05) is 0 Å².